The zero-order valence-corrected chi connectivity index (χ0v) is 20.0. The summed E-state index contributed by atoms with van der Waals surface area (Å²) in [6, 6.07) is 20.5. The van der Waals surface area contributed by atoms with Crippen molar-refractivity contribution in [3.05, 3.63) is 102 Å². The summed E-state index contributed by atoms with van der Waals surface area (Å²) in [5.74, 6) is -1.96. The summed E-state index contributed by atoms with van der Waals surface area (Å²) in [4.78, 5) is 28.4. The molecule has 3 aromatic carbocycles. The van der Waals surface area contributed by atoms with Gasteiger partial charge in [0.25, 0.3) is 5.91 Å². The Labute approximate surface area is 210 Å². The highest BCUT2D eigenvalue weighted by Crippen LogP contribution is 2.21. The van der Waals surface area contributed by atoms with Crippen molar-refractivity contribution in [3.63, 3.8) is 0 Å². The van der Waals surface area contributed by atoms with Gasteiger partial charge in [0.05, 0.1) is 0 Å². The van der Waals surface area contributed by atoms with Crippen LogP contribution in [0.25, 0.3) is 0 Å². The second-order valence-electron chi connectivity index (χ2n) is 9.03. The van der Waals surface area contributed by atoms with Crippen LogP contribution in [0.1, 0.15) is 36.8 Å². The van der Waals surface area contributed by atoms with Crippen molar-refractivity contribution in [2.75, 3.05) is 6.61 Å². The number of halogens is 2. The number of para-hydroxylation sites is 1. The van der Waals surface area contributed by atoms with Crippen molar-refractivity contribution < 1.29 is 23.1 Å². The first-order valence-electron chi connectivity index (χ1n) is 12.3. The van der Waals surface area contributed by atoms with Crippen LogP contribution >= 0.6 is 0 Å². The van der Waals surface area contributed by atoms with E-state index >= 15 is 0 Å². The highest BCUT2D eigenvalue weighted by Gasteiger charge is 2.33. The number of hydrogen-bond acceptors (Lipinski definition) is 3. The molecule has 5 nitrogen and oxygen atoms in total. The molecule has 3 aromatic rings. The van der Waals surface area contributed by atoms with Crippen LogP contribution in [-0.2, 0) is 22.6 Å². The Morgan fingerprint density at radius 2 is 1.53 bits per heavy atom. The van der Waals surface area contributed by atoms with Crippen LogP contribution in [0.15, 0.2) is 78.9 Å². The van der Waals surface area contributed by atoms with Gasteiger partial charge >= 0.3 is 0 Å². The molecular formula is C29H30F2N2O3. The molecule has 0 saturated heterocycles. The number of hydrogen-bond donors (Lipinski definition) is 1. The van der Waals surface area contributed by atoms with Crippen LogP contribution in [0.5, 0.6) is 5.75 Å². The Kier molecular flexibility index (Phi) is 8.66. The van der Waals surface area contributed by atoms with Crippen molar-refractivity contribution in [2.45, 2.75) is 50.7 Å². The van der Waals surface area contributed by atoms with Gasteiger partial charge in [0, 0.05) is 24.6 Å². The van der Waals surface area contributed by atoms with Crippen LogP contribution in [0.2, 0.25) is 0 Å². The van der Waals surface area contributed by atoms with E-state index in [0.717, 1.165) is 31.2 Å². The highest BCUT2D eigenvalue weighted by atomic mass is 19.1. The molecule has 1 atom stereocenters. The fourth-order valence-corrected chi connectivity index (χ4v) is 4.52. The minimum Gasteiger partial charge on any atom is -0.481 e. The lowest BCUT2D eigenvalue weighted by Crippen LogP contribution is -2.53. The number of benzene rings is 3. The van der Waals surface area contributed by atoms with Crippen LogP contribution in [0.4, 0.5) is 8.78 Å². The van der Waals surface area contributed by atoms with Gasteiger partial charge in [-0.2, -0.15) is 0 Å². The van der Waals surface area contributed by atoms with Gasteiger partial charge < -0.3 is 15.0 Å². The molecule has 1 unspecified atom stereocenters. The predicted octanol–water partition coefficient (Wildman–Crippen LogP) is 5.04. The molecule has 36 heavy (non-hydrogen) atoms. The topological polar surface area (TPSA) is 58.6 Å². The van der Waals surface area contributed by atoms with Crippen LogP contribution < -0.4 is 10.1 Å². The van der Waals surface area contributed by atoms with Gasteiger partial charge in [-0.3, -0.25) is 9.59 Å². The summed E-state index contributed by atoms with van der Waals surface area (Å²) in [6.07, 6.45) is 4.12. The van der Waals surface area contributed by atoms with E-state index < -0.39 is 30.2 Å². The van der Waals surface area contributed by atoms with Gasteiger partial charge in [-0.1, -0.05) is 73.5 Å². The Morgan fingerprint density at radius 3 is 2.22 bits per heavy atom. The maximum atomic E-state index is 14.6. The number of amides is 2. The molecule has 1 N–H and O–H groups in total. The van der Waals surface area contributed by atoms with Crippen molar-refractivity contribution in [3.8, 4) is 5.75 Å². The maximum Gasteiger partial charge on any atom is 0.261 e. The fraction of sp³-hybridized carbons (Fsp3) is 0.310. The minimum atomic E-state index is -0.899. The quantitative estimate of drug-likeness (QED) is 0.431. The van der Waals surface area contributed by atoms with E-state index in [1.54, 1.807) is 24.3 Å². The molecule has 4 rings (SSSR count). The van der Waals surface area contributed by atoms with E-state index in [9.17, 15) is 18.4 Å². The first-order chi connectivity index (χ1) is 17.5. The lowest BCUT2D eigenvalue weighted by atomic mass is 10.0. The summed E-state index contributed by atoms with van der Waals surface area (Å²) >= 11 is 0. The summed E-state index contributed by atoms with van der Waals surface area (Å²) < 4.78 is 34.2. The van der Waals surface area contributed by atoms with Crippen molar-refractivity contribution >= 4 is 11.8 Å². The molecule has 1 aliphatic carbocycles. The third kappa shape index (κ3) is 6.68. The Balaban J connectivity index is 1.63. The molecule has 0 radical (unpaired) electrons. The Bertz CT molecular complexity index is 1170. The van der Waals surface area contributed by atoms with E-state index in [1.807, 2.05) is 30.3 Å². The molecule has 1 fully saturated rings. The number of rotatable bonds is 10. The van der Waals surface area contributed by atoms with Gasteiger partial charge in [-0.25, -0.2) is 8.78 Å². The van der Waals surface area contributed by atoms with Crippen LogP contribution in [-0.4, -0.2) is 35.4 Å². The summed E-state index contributed by atoms with van der Waals surface area (Å²) in [7, 11) is 0. The van der Waals surface area contributed by atoms with Gasteiger partial charge in [-0.05, 0) is 36.6 Å². The van der Waals surface area contributed by atoms with Gasteiger partial charge in [0.15, 0.2) is 18.2 Å². The van der Waals surface area contributed by atoms with E-state index in [0.29, 0.717) is 0 Å². The number of carbonyl (C=O) groups is 2. The van der Waals surface area contributed by atoms with E-state index in [-0.39, 0.29) is 36.2 Å². The lowest BCUT2D eigenvalue weighted by Gasteiger charge is -2.32. The van der Waals surface area contributed by atoms with E-state index in [2.05, 4.69) is 5.32 Å². The largest absolute Gasteiger partial charge is 0.481 e. The Morgan fingerprint density at radius 1 is 0.889 bits per heavy atom. The van der Waals surface area contributed by atoms with E-state index in [4.69, 9.17) is 4.74 Å². The Hall–Kier alpha value is -3.74. The number of nitrogens with one attached hydrogen (secondary N) is 1. The van der Waals surface area contributed by atoms with Crippen molar-refractivity contribution in [1.82, 2.24) is 10.2 Å². The highest BCUT2D eigenvalue weighted by molar-refractivity contribution is 5.88. The average Bonchev–Trinajstić information content (AvgIpc) is 3.40. The van der Waals surface area contributed by atoms with Gasteiger partial charge in [0.1, 0.15) is 11.9 Å². The number of ether oxygens (including phenoxy) is 1. The first-order valence-corrected chi connectivity index (χ1v) is 12.3. The minimum absolute atomic E-state index is 0.0517. The van der Waals surface area contributed by atoms with Gasteiger partial charge in [-0.15, -0.1) is 0 Å². The molecule has 1 saturated carbocycles. The maximum absolute atomic E-state index is 14.6. The molecule has 0 spiro atoms. The standard InChI is InChI=1S/C29H30F2N2O3/c30-24-15-7-4-12-22(24)19-33(28(34)20-36-27-17-9-8-16-25(27)31)26(18-21-10-2-1-3-11-21)29(35)32-23-13-5-6-14-23/h1-4,7-12,15-17,23,26H,5-6,13-14,18-20H2,(H,32,35). The molecular weight excluding hydrogens is 462 g/mol. The average molecular weight is 493 g/mol. The molecule has 188 valence electrons. The molecule has 0 bridgehead atoms. The van der Waals surface area contributed by atoms with E-state index in [1.165, 1.54) is 29.2 Å². The van der Waals surface area contributed by atoms with Crippen molar-refractivity contribution in [2.24, 2.45) is 0 Å². The number of nitrogens with zero attached hydrogens (tertiary/aromatic N) is 1. The molecule has 1 aliphatic rings. The zero-order valence-electron chi connectivity index (χ0n) is 20.0. The summed E-state index contributed by atoms with van der Waals surface area (Å²) in [5.41, 5.74) is 1.15. The normalized spacial score (nSPS) is 14.3. The fourth-order valence-electron chi connectivity index (χ4n) is 4.52. The third-order valence-corrected chi connectivity index (χ3v) is 6.46. The SMILES string of the molecule is O=C(NC1CCCC1)C(Cc1ccccc1)N(Cc1ccccc1F)C(=O)COc1ccccc1F. The summed E-state index contributed by atoms with van der Waals surface area (Å²) in [5, 5.41) is 3.09. The predicted molar refractivity (Wildman–Crippen MR) is 133 cm³/mol. The van der Waals surface area contributed by atoms with Gasteiger partial charge in [0.2, 0.25) is 5.91 Å². The first kappa shape index (κ1) is 25.4. The molecule has 0 aliphatic heterocycles. The van der Waals surface area contributed by atoms with Crippen LogP contribution in [0.3, 0.4) is 0 Å². The second-order valence-corrected chi connectivity index (χ2v) is 9.03. The van der Waals surface area contributed by atoms with Crippen LogP contribution in [0, 0.1) is 11.6 Å². The third-order valence-electron chi connectivity index (χ3n) is 6.46. The monoisotopic (exact) mass is 492 g/mol. The molecule has 0 aromatic heterocycles. The second kappa shape index (κ2) is 12.3. The molecule has 2 amide bonds. The lowest BCUT2D eigenvalue weighted by molar-refractivity contribution is -0.143. The number of carbonyl (C=O) groups excluding carboxylic acids is 2. The molecule has 7 heteroatoms. The zero-order chi connectivity index (χ0) is 25.3. The smallest absolute Gasteiger partial charge is 0.261 e. The molecule has 0 heterocycles. The van der Waals surface area contributed by atoms with Crippen molar-refractivity contribution in [1.29, 1.82) is 0 Å². The summed E-state index contributed by atoms with van der Waals surface area (Å²) in [6.45, 7) is -0.612.